The lowest BCUT2D eigenvalue weighted by atomic mass is 9.97. The molecule has 0 fully saturated rings. The average Bonchev–Trinajstić information content (AvgIpc) is 2.30. The van der Waals surface area contributed by atoms with Crippen LogP contribution in [0.25, 0.3) is 0 Å². The maximum absolute atomic E-state index is 2.31. The molecule has 2 heteroatoms. The number of rotatable bonds is 0. The lowest BCUT2D eigenvalue weighted by Gasteiger charge is -2.25. The summed E-state index contributed by atoms with van der Waals surface area (Å²) in [6.07, 6.45) is 5.43. The zero-order valence-corrected chi connectivity index (χ0v) is 7.43. The molecule has 2 nitrogen and oxygen atoms in total. The van der Waals surface area contributed by atoms with Gasteiger partial charge in [-0.2, -0.15) is 0 Å². The molecule has 0 unspecified atom stereocenters. The molecule has 0 radical (unpaired) electrons. The molecule has 0 saturated heterocycles. The lowest BCUT2D eigenvalue weighted by molar-refractivity contribution is 0.0985. The Morgan fingerprint density at radius 1 is 1.09 bits per heavy atom. The van der Waals surface area contributed by atoms with E-state index >= 15 is 0 Å². The van der Waals surface area contributed by atoms with Gasteiger partial charge in [0.2, 0.25) is 0 Å². The van der Waals surface area contributed by atoms with Crippen molar-refractivity contribution in [3.63, 3.8) is 0 Å². The molecule has 1 aliphatic heterocycles. The third kappa shape index (κ3) is 1.06. The molecule has 0 aromatic rings. The third-order valence-electron chi connectivity index (χ3n) is 2.87. The van der Waals surface area contributed by atoms with Crippen LogP contribution >= 0.6 is 0 Å². The van der Waals surface area contributed by atoms with Crippen LogP contribution in [0.4, 0.5) is 0 Å². The Bertz CT molecular complexity index is 196. The fourth-order valence-electron chi connectivity index (χ4n) is 2.10. The second-order valence-corrected chi connectivity index (χ2v) is 3.60. The smallest absolute Gasteiger partial charge is 0.0408 e. The van der Waals surface area contributed by atoms with Crippen LogP contribution in [0, 0.1) is 0 Å². The third-order valence-corrected chi connectivity index (χ3v) is 2.87. The van der Waals surface area contributed by atoms with E-state index in [4.69, 9.17) is 0 Å². The second-order valence-electron chi connectivity index (χ2n) is 3.60. The average molecular weight is 152 g/mol. The van der Waals surface area contributed by atoms with E-state index in [0.29, 0.717) is 0 Å². The molecule has 0 aromatic carbocycles. The summed E-state index contributed by atoms with van der Waals surface area (Å²) in [5, 5.41) is 4.62. The molecule has 2 rings (SSSR count). The van der Waals surface area contributed by atoms with Gasteiger partial charge in [-0.25, -0.2) is 5.01 Å². The zero-order chi connectivity index (χ0) is 7.84. The normalized spacial score (nSPS) is 26.2. The molecule has 0 aromatic heterocycles. The molecule has 2 aliphatic rings. The van der Waals surface area contributed by atoms with E-state index in [1.54, 1.807) is 11.3 Å². The summed E-state index contributed by atoms with van der Waals surface area (Å²) in [7, 11) is 4.34. The van der Waals surface area contributed by atoms with Gasteiger partial charge in [0.05, 0.1) is 0 Å². The Morgan fingerprint density at radius 2 is 1.82 bits per heavy atom. The first-order valence-electron chi connectivity index (χ1n) is 4.44. The quantitative estimate of drug-likeness (QED) is 0.520. The number of hydrazine groups is 1. The first-order chi connectivity index (χ1) is 5.29. The van der Waals surface area contributed by atoms with Crippen molar-refractivity contribution in [1.29, 1.82) is 0 Å². The summed E-state index contributed by atoms with van der Waals surface area (Å²) >= 11 is 0. The van der Waals surface area contributed by atoms with Crippen LogP contribution in [0.15, 0.2) is 11.3 Å². The lowest BCUT2D eigenvalue weighted by Crippen LogP contribution is -2.30. The molecule has 0 atom stereocenters. The SMILES string of the molecule is CN1CC2=C(CCCC2)N1C. The molecular formula is C9H16N2. The van der Waals surface area contributed by atoms with E-state index in [2.05, 4.69) is 24.1 Å². The van der Waals surface area contributed by atoms with Crippen LogP contribution in [-0.2, 0) is 0 Å². The monoisotopic (exact) mass is 152 g/mol. The van der Waals surface area contributed by atoms with E-state index in [0.717, 1.165) is 0 Å². The van der Waals surface area contributed by atoms with E-state index < -0.39 is 0 Å². The molecule has 62 valence electrons. The van der Waals surface area contributed by atoms with Gasteiger partial charge in [-0.1, -0.05) is 0 Å². The molecule has 0 N–H and O–H groups in total. The Labute approximate surface area is 68.4 Å². The highest BCUT2D eigenvalue weighted by Gasteiger charge is 2.25. The molecule has 0 saturated carbocycles. The summed E-state index contributed by atoms with van der Waals surface area (Å²) in [6, 6.07) is 0. The van der Waals surface area contributed by atoms with Gasteiger partial charge < -0.3 is 5.01 Å². The van der Waals surface area contributed by atoms with Gasteiger partial charge in [0, 0.05) is 26.3 Å². The van der Waals surface area contributed by atoms with Crippen LogP contribution in [0.5, 0.6) is 0 Å². The fourth-order valence-corrected chi connectivity index (χ4v) is 2.10. The summed E-state index contributed by atoms with van der Waals surface area (Å²) in [5.74, 6) is 0. The largest absolute Gasteiger partial charge is 0.313 e. The van der Waals surface area contributed by atoms with Crippen molar-refractivity contribution in [1.82, 2.24) is 10.0 Å². The topological polar surface area (TPSA) is 6.48 Å². The van der Waals surface area contributed by atoms with Crippen LogP contribution in [-0.4, -0.2) is 30.7 Å². The summed E-state index contributed by atoms with van der Waals surface area (Å²) < 4.78 is 0. The summed E-state index contributed by atoms with van der Waals surface area (Å²) in [6.45, 7) is 1.17. The van der Waals surface area contributed by atoms with Crippen molar-refractivity contribution in [2.45, 2.75) is 25.7 Å². The van der Waals surface area contributed by atoms with E-state index in [1.807, 2.05) is 0 Å². The summed E-state index contributed by atoms with van der Waals surface area (Å²) in [4.78, 5) is 0. The Hall–Kier alpha value is -0.500. The van der Waals surface area contributed by atoms with Gasteiger partial charge in [0.25, 0.3) is 0 Å². The molecule has 11 heavy (non-hydrogen) atoms. The maximum Gasteiger partial charge on any atom is 0.0408 e. The van der Waals surface area contributed by atoms with Crippen LogP contribution in [0.3, 0.4) is 0 Å². The highest BCUT2D eigenvalue weighted by molar-refractivity contribution is 5.20. The number of hydrogen-bond acceptors (Lipinski definition) is 2. The minimum atomic E-state index is 1.17. The first-order valence-corrected chi connectivity index (χ1v) is 4.44. The van der Waals surface area contributed by atoms with Crippen molar-refractivity contribution in [2.75, 3.05) is 20.6 Å². The predicted molar refractivity (Wildman–Crippen MR) is 45.9 cm³/mol. The summed E-state index contributed by atoms with van der Waals surface area (Å²) in [5.41, 5.74) is 3.28. The van der Waals surface area contributed by atoms with E-state index in [-0.39, 0.29) is 0 Å². The van der Waals surface area contributed by atoms with Gasteiger partial charge >= 0.3 is 0 Å². The number of hydrogen-bond donors (Lipinski definition) is 0. The van der Waals surface area contributed by atoms with Crippen LogP contribution in [0.2, 0.25) is 0 Å². The molecule has 0 spiro atoms. The first kappa shape index (κ1) is 7.17. The van der Waals surface area contributed by atoms with Gasteiger partial charge in [-0.15, -0.1) is 0 Å². The molecule has 0 bridgehead atoms. The standard InChI is InChI=1S/C9H16N2/c1-10-7-8-5-3-4-6-9(8)11(10)2/h3-7H2,1-2H3. The van der Waals surface area contributed by atoms with Crippen molar-refractivity contribution in [3.05, 3.63) is 11.3 Å². The molecular weight excluding hydrogens is 136 g/mol. The highest BCUT2D eigenvalue weighted by atomic mass is 15.6. The highest BCUT2D eigenvalue weighted by Crippen LogP contribution is 2.32. The number of likely N-dealkylation sites (N-methyl/N-ethyl adjacent to an activating group) is 1. The minimum Gasteiger partial charge on any atom is -0.313 e. The van der Waals surface area contributed by atoms with Gasteiger partial charge in [0.15, 0.2) is 0 Å². The zero-order valence-electron chi connectivity index (χ0n) is 7.43. The Morgan fingerprint density at radius 3 is 2.55 bits per heavy atom. The minimum absolute atomic E-state index is 1.17. The Kier molecular flexibility index (Phi) is 1.64. The van der Waals surface area contributed by atoms with Crippen molar-refractivity contribution < 1.29 is 0 Å². The van der Waals surface area contributed by atoms with Gasteiger partial charge in [-0.3, -0.25) is 0 Å². The maximum atomic E-state index is 2.31. The van der Waals surface area contributed by atoms with Gasteiger partial charge in [-0.05, 0) is 31.3 Å². The Balaban J connectivity index is 2.20. The predicted octanol–water partition coefficient (Wildman–Crippen LogP) is 1.61. The van der Waals surface area contributed by atoms with Crippen molar-refractivity contribution >= 4 is 0 Å². The van der Waals surface area contributed by atoms with Crippen LogP contribution < -0.4 is 0 Å². The van der Waals surface area contributed by atoms with E-state index in [1.165, 1.54) is 32.2 Å². The number of nitrogens with zero attached hydrogens (tertiary/aromatic N) is 2. The molecule has 0 amide bonds. The van der Waals surface area contributed by atoms with Gasteiger partial charge in [0.1, 0.15) is 0 Å². The molecule has 1 heterocycles. The van der Waals surface area contributed by atoms with Crippen molar-refractivity contribution in [3.8, 4) is 0 Å². The van der Waals surface area contributed by atoms with Crippen LogP contribution in [0.1, 0.15) is 25.7 Å². The molecule has 1 aliphatic carbocycles. The fraction of sp³-hybridized carbons (Fsp3) is 0.778. The second kappa shape index (κ2) is 2.52. The number of allylic oxidation sites excluding steroid dienone is 1. The van der Waals surface area contributed by atoms with E-state index in [9.17, 15) is 0 Å². The van der Waals surface area contributed by atoms with Crippen molar-refractivity contribution in [2.24, 2.45) is 0 Å².